The Morgan fingerprint density at radius 1 is 0.667 bits per heavy atom. The fourth-order valence-electron chi connectivity index (χ4n) is 4.27. The molecule has 0 aliphatic carbocycles. The Labute approximate surface area is 163 Å². The standard InChI is InChI=1S/C24H32N2O/c1-2-8-16-25(15-7-1)22-13-14-24(27-20-21-11-5-3-6-12-21)23(19-22)26-17-9-4-10-18-26/h3,5-6,11-14,19H,1-2,4,7-10,15-18,20H2. The number of hydrogen-bond donors (Lipinski definition) is 0. The van der Waals surface area contributed by atoms with Crippen LogP contribution in [0, 0.1) is 0 Å². The monoisotopic (exact) mass is 364 g/mol. The summed E-state index contributed by atoms with van der Waals surface area (Å²) in [6.45, 7) is 5.29. The summed E-state index contributed by atoms with van der Waals surface area (Å²) in [5.74, 6) is 1.03. The molecular formula is C24H32N2O. The zero-order valence-corrected chi connectivity index (χ0v) is 16.4. The van der Waals surface area contributed by atoms with Gasteiger partial charge in [0.1, 0.15) is 12.4 Å². The number of rotatable bonds is 5. The highest BCUT2D eigenvalue weighted by Gasteiger charge is 2.18. The third kappa shape index (κ3) is 4.77. The van der Waals surface area contributed by atoms with Gasteiger partial charge in [0.25, 0.3) is 0 Å². The van der Waals surface area contributed by atoms with Crippen LogP contribution in [0.5, 0.6) is 5.75 Å². The van der Waals surface area contributed by atoms with Gasteiger partial charge < -0.3 is 14.5 Å². The fourth-order valence-corrected chi connectivity index (χ4v) is 4.27. The van der Waals surface area contributed by atoms with Gasteiger partial charge >= 0.3 is 0 Å². The summed E-state index contributed by atoms with van der Waals surface area (Å²) < 4.78 is 6.28. The van der Waals surface area contributed by atoms with Crippen LogP contribution in [0.4, 0.5) is 11.4 Å². The molecule has 0 radical (unpaired) electrons. The van der Waals surface area contributed by atoms with E-state index < -0.39 is 0 Å². The van der Waals surface area contributed by atoms with Crippen molar-refractivity contribution >= 4 is 11.4 Å². The summed E-state index contributed by atoms with van der Waals surface area (Å²) in [7, 11) is 0. The van der Waals surface area contributed by atoms with Crippen LogP contribution >= 0.6 is 0 Å². The van der Waals surface area contributed by atoms with Gasteiger partial charge in [-0.3, -0.25) is 0 Å². The Kier molecular flexibility index (Phi) is 6.18. The van der Waals surface area contributed by atoms with Crippen LogP contribution in [0.3, 0.4) is 0 Å². The number of piperidine rings is 1. The topological polar surface area (TPSA) is 15.7 Å². The van der Waals surface area contributed by atoms with Crippen LogP contribution in [0.15, 0.2) is 48.5 Å². The first-order valence-electron chi connectivity index (χ1n) is 10.7. The van der Waals surface area contributed by atoms with Gasteiger partial charge in [-0.1, -0.05) is 43.2 Å². The summed E-state index contributed by atoms with van der Waals surface area (Å²) in [6.07, 6.45) is 9.28. The molecule has 0 aromatic heterocycles. The van der Waals surface area contributed by atoms with Crippen molar-refractivity contribution in [3.05, 3.63) is 54.1 Å². The summed E-state index contributed by atoms with van der Waals surface area (Å²) in [6, 6.07) is 17.3. The molecule has 27 heavy (non-hydrogen) atoms. The molecule has 2 aliphatic heterocycles. The fraction of sp³-hybridized carbons (Fsp3) is 0.500. The van der Waals surface area contributed by atoms with E-state index in [2.05, 4.69) is 58.3 Å². The van der Waals surface area contributed by atoms with E-state index in [4.69, 9.17) is 4.74 Å². The number of nitrogens with zero attached hydrogens (tertiary/aromatic N) is 2. The maximum atomic E-state index is 6.28. The second kappa shape index (κ2) is 9.16. The van der Waals surface area contributed by atoms with Crippen LogP contribution in [0.25, 0.3) is 0 Å². The van der Waals surface area contributed by atoms with Gasteiger partial charge in [0.05, 0.1) is 5.69 Å². The quantitative estimate of drug-likeness (QED) is 0.683. The lowest BCUT2D eigenvalue weighted by atomic mass is 10.1. The largest absolute Gasteiger partial charge is 0.487 e. The molecule has 2 aromatic rings. The van der Waals surface area contributed by atoms with Crippen LogP contribution in [0.2, 0.25) is 0 Å². The van der Waals surface area contributed by atoms with E-state index in [-0.39, 0.29) is 0 Å². The molecule has 4 rings (SSSR count). The van der Waals surface area contributed by atoms with Crippen molar-refractivity contribution in [3.63, 3.8) is 0 Å². The molecule has 2 saturated heterocycles. The van der Waals surface area contributed by atoms with E-state index in [1.54, 1.807) is 0 Å². The third-order valence-electron chi connectivity index (χ3n) is 5.85. The van der Waals surface area contributed by atoms with Gasteiger partial charge in [-0.15, -0.1) is 0 Å². The molecule has 2 aliphatic rings. The zero-order valence-electron chi connectivity index (χ0n) is 16.4. The molecule has 2 fully saturated rings. The first-order chi connectivity index (χ1) is 13.4. The van der Waals surface area contributed by atoms with Crippen molar-refractivity contribution in [2.45, 2.75) is 51.6 Å². The minimum Gasteiger partial charge on any atom is -0.487 e. The van der Waals surface area contributed by atoms with Crippen LogP contribution in [-0.4, -0.2) is 26.2 Å². The second-order valence-corrected chi connectivity index (χ2v) is 7.88. The Morgan fingerprint density at radius 3 is 2.00 bits per heavy atom. The van der Waals surface area contributed by atoms with Gasteiger partial charge in [-0.25, -0.2) is 0 Å². The van der Waals surface area contributed by atoms with E-state index in [0.717, 1.165) is 18.8 Å². The molecule has 0 N–H and O–H groups in total. The summed E-state index contributed by atoms with van der Waals surface area (Å²) in [5.41, 5.74) is 3.87. The first-order valence-corrected chi connectivity index (χ1v) is 10.7. The molecule has 0 atom stereocenters. The van der Waals surface area contributed by atoms with Crippen LogP contribution in [-0.2, 0) is 6.61 Å². The predicted molar refractivity (Wildman–Crippen MR) is 114 cm³/mol. The third-order valence-corrected chi connectivity index (χ3v) is 5.85. The minimum atomic E-state index is 0.630. The van der Waals surface area contributed by atoms with Crippen molar-refractivity contribution in [2.75, 3.05) is 36.0 Å². The normalized spacial score (nSPS) is 18.2. The molecule has 2 heterocycles. The highest BCUT2D eigenvalue weighted by atomic mass is 16.5. The number of benzene rings is 2. The molecule has 0 unspecified atom stereocenters. The van der Waals surface area contributed by atoms with E-state index in [1.165, 1.54) is 75.0 Å². The maximum Gasteiger partial charge on any atom is 0.143 e. The average molecular weight is 365 g/mol. The van der Waals surface area contributed by atoms with E-state index >= 15 is 0 Å². The molecule has 2 aromatic carbocycles. The Morgan fingerprint density at radius 2 is 1.30 bits per heavy atom. The molecule has 0 spiro atoms. The molecule has 0 bridgehead atoms. The minimum absolute atomic E-state index is 0.630. The summed E-state index contributed by atoms with van der Waals surface area (Å²) in [4.78, 5) is 5.10. The highest BCUT2D eigenvalue weighted by molar-refractivity contribution is 5.67. The van der Waals surface area contributed by atoms with Gasteiger partial charge in [0, 0.05) is 31.9 Å². The van der Waals surface area contributed by atoms with E-state index in [0.29, 0.717) is 6.61 Å². The van der Waals surface area contributed by atoms with Gasteiger partial charge in [-0.05, 0) is 55.9 Å². The van der Waals surface area contributed by atoms with Gasteiger partial charge in [0.15, 0.2) is 0 Å². The van der Waals surface area contributed by atoms with Crippen LogP contribution in [0.1, 0.15) is 50.5 Å². The lowest BCUT2D eigenvalue weighted by Crippen LogP contribution is -2.30. The highest BCUT2D eigenvalue weighted by Crippen LogP contribution is 2.35. The predicted octanol–water partition coefficient (Wildman–Crippen LogP) is 5.64. The van der Waals surface area contributed by atoms with Crippen molar-refractivity contribution < 1.29 is 4.74 Å². The Hall–Kier alpha value is -2.16. The molecule has 3 nitrogen and oxygen atoms in total. The number of anilines is 2. The zero-order chi connectivity index (χ0) is 18.3. The molecule has 3 heteroatoms. The van der Waals surface area contributed by atoms with Crippen LogP contribution < -0.4 is 14.5 Å². The lowest BCUT2D eigenvalue weighted by molar-refractivity contribution is 0.306. The van der Waals surface area contributed by atoms with Crippen molar-refractivity contribution in [1.29, 1.82) is 0 Å². The first kappa shape index (κ1) is 18.2. The summed E-state index contributed by atoms with van der Waals surface area (Å²) in [5, 5.41) is 0. The number of hydrogen-bond acceptors (Lipinski definition) is 3. The second-order valence-electron chi connectivity index (χ2n) is 7.88. The molecular weight excluding hydrogens is 332 g/mol. The number of ether oxygens (including phenoxy) is 1. The van der Waals surface area contributed by atoms with Crippen molar-refractivity contribution in [2.24, 2.45) is 0 Å². The maximum absolute atomic E-state index is 6.28. The Balaban J connectivity index is 1.56. The summed E-state index contributed by atoms with van der Waals surface area (Å²) >= 11 is 0. The molecule has 0 saturated carbocycles. The Bertz CT molecular complexity index is 702. The van der Waals surface area contributed by atoms with Gasteiger partial charge in [-0.2, -0.15) is 0 Å². The SMILES string of the molecule is c1ccc(COc2ccc(N3CCCCCC3)cc2N2CCCCC2)cc1. The average Bonchev–Trinajstić information content (AvgIpc) is 3.03. The van der Waals surface area contributed by atoms with E-state index in [1.807, 2.05) is 0 Å². The lowest BCUT2D eigenvalue weighted by Gasteiger charge is -2.32. The van der Waals surface area contributed by atoms with Crippen molar-refractivity contribution in [3.8, 4) is 5.75 Å². The molecule has 0 amide bonds. The van der Waals surface area contributed by atoms with Crippen molar-refractivity contribution in [1.82, 2.24) is 0 Å². The van der Waals surface area contributed by atoms with E-state index in [9.17, 15) is 0 Å². The van der Waals surface area contributed by atoms with Gasteiger partial charge in [0.2, 0.25) is 0 Å². The smallest absolute Gasteiger partial charge is 0.143 e. The molecule has 144 valence electrons.